The van der Waals surface area contributed by atoms with Crippen LogP contribution in [0.2, 0.25) is 0 Å². The van der Waals surface area contributed by atoms with E-state index < -0.39 is 10.0 Å². The summed E-state index contributed by atoms with van der Waals surface area (Å²) in [5, 5.41) is 3.19. The number of hydrogen-bond acceptors (Lipinski definition) is 7. The molecule has 0 spiro atoms. The third-order valence-electron chi connectivity index (χ3n) is 7.96. The molecule has 0 bridgehead atoms. The summed E-state index contributed by atoms with van der Waals surface area (Å²) in [5.74, 6) is 0.0312. The van der Waals surface area contributed by atoms with Crippen molar-refractivity contribution in [2.45, 2.75) is 63.4 Å². The minimum absolute atomic E-state index is 0.0152. The Hall–Kier alpha value is -3.15. The van der Waals surface area contributed by atoms with E-state index in [9.17, 15) is 18.0 Å². The summed E-state index contributed by atoms with van der Waals surface area (Å²) in [6.45, 7) is 4.44. The highest BCUT2D eigenvalue weighted by atomic mass is 32.2. The van der Waals surface area contributed by atoms with Crippen molar-refractivity contribution < 1.29 is 27.5 Å². The van der Waals surface area contributed by atoms with Gasteiger partial charge in [0.25, 0.3) is 5.91 Å². The van der Waals surface area contributed by atoms with Crippen molar-refractivity contribution >= 4 is 27.5 Å². The SMILES string of the molecule is CCS(=O)(=O)Nc1ccc2c(c1)C(=O)N(C)[C@H]1CC[C@@H](CC(=O)N[C@H]3CCN(Cc4ccccc4)C3)O[C@@H]1CO2. The van der Waals surface area contributed by atoms with Crippen LogP contribution in [0, 0.1) is 0 Å². The average molecular weight is 571 g/mol. The van der Waals surface area contributed by atoms with Crippen molar-refractivity contribution in [3.05, 3.63) is 59.7 Å². The number of hydrogen-bond donors (Lipinski definition) is 2. The molecule has 216 valence electrons. The van der Waals surface area contributed by atoms with E-state index in [0.29, 0.717) is 29.8 Å². The van der Waals surface area contributed by atoms with Crippen LogP contribution in [0.25, 0.3) is 0 Å². The predicted octanol–water partition coefficient (Wildman–Crippen LogP) is 2.61. The number of benzene rings is 2. The number of anilines is 1. The number of likely N-dealkylation sites (N-methyl/N-ethyl adjacent to an activating group) is 1. The Balaban J connectivity index is 1.16. The number of amides is 2. The first kappa shape index (κ1) is 28.4. The van der Waals surface area contributed by atoms with E-state index in [1.54, 1.807) is 31.0 Å². The van der Waals surface area contributed by atoms with Crippen LogP contribution >= 0.6 is 0 Å². The molecule has 0 aliphatic carbocycles. The number of nitrogens with one attached hydrogen (secondary N) is 2. The highest BCUT2D eigenvalue weighted by Crippen LogP contribution is 2.32. The highest BCUT2D eigenvalue weighted by Gasteiger charge is 2.39. The first-order chi connectivity index (χ1) is 19.2. The van der Waals surface area contributed by atoms with E-state index in [1.165, 1.54) is 11.6 Å². The number of likely N-dealkylation sites (tertiary alicyclic amines) is 1. The first-order valence-corrected chi connectivity index (χ1v) is 15.6. The van der Waals surface area contributed by atoms with Gasteiger partial charge in [-0.05, 0) is 49.9 Å². The fourth-order valence-electron chi connectivity index (χ4n) is 5.77. The molecule has 0 aromatic heterocycles. The maximum absolute atomic E-state index is 13.4. The Morgan fingerprint density at radius 3 is 2.67 bits per heavy atom. The van der Waals surface area contributed by atoms with E-state index in [1.807, 2.05) is 18.2 Å². The lowest BCUT2D eigenvalue weighted by Gasteiger charge is -2.42. The van der Waals surface area contributed by atoms with Gasteiger partial charge in [0.2, 0.25) is 15.9 Å². The Morgan fingerprint density at radius 2 is 1.90 bits per heavy atom. The van der Waals surface area contributed by atoms with Crippen LogP contribution in [-0.2, 0) is 26.1 Å². The molecule has 5 rings (SSSR count). The van der Waals surface area contributed by atoms with Crippen molar-refractivity contribution in [3.63, 3.8) is 0 Å². The van der Waals surface area contributed by atoms with Crippen LogP contribution in [0.15, 0.2) is 48.5 Å². The summed E-state index contributed by atoms with van der Waals surface area (Å²) < 4.78 is 38.8. The summed E-state index contributed by atoms with van der Waals surface area (Å²) >= 11 is 0. The first-order valence-electron chi connectivity index (χ1n) is 14.0. The van der Waals surface area contributed by atoms with Gasteiger partial charge in [-0.25, -0.2) is 8.42 Å². The lowest BCUT2D eigenvalue weighted by atomic mass is 9.94. The molecule has 3 aliphatic heterocycles. The molecule has 2 amide bonds. The van der Waals surface area contributed by atoms with Crippen LogP contribution in [0.4, 0.5) is 5.69 Å². The van der Waals surface area contributed by atoms with Crippen LogP contribution < -0.4 is 14.8 Å². The zero-order chi connectivity index (χ0) is 28.3. The van der Waals surface area contributed by atoms with Crippen molar-refractivity contribution in [3.8, 4) is 5.75 Å². The molecule has 2 fully saturated rings. The Morgan fingerprint density at radius 1 is 1.10 bits per heavy atom. The van der Waals surface area contributed by atoms with E-state index in [-0.39, 0.29) is 54.9 Å². The molecule has 2 aromatic carbocycles. The molecule has 10 nitrogen and oxygen atoms in total. The fourth-order valence-corrected chi connectivity index (χ4v) is 6.40. The monoisotopic (exact) mass is 570 g/mol. The van der Waals surface area contributed by atoms with Crippen molar-refractivity contribution in [1.29, 1.82) is 0 Å². The van der Waals surface area contributed by atoms with Gasteiger partial charge in [0.05, 0.1) is 29.9 Å². The molecular formula is C29H38N4O6S. The second-order valence-corrected chi connectivity index (χ2v) is 12.9. The van der Waals surface area contributed by atoms with Crippen LogP contribution in [0.5, 0.6) is 5.75 Å². The molecule has 2 aromatic rings. The number of carbonyl (C=O) groups is 2. The van der Waals surface area contributed by atoms with Crippen LogP contribution in [-0.4, -0.2) is 86.8 Å². The molecule has 0 unspecified atom stereocenters. The van der Waals surface area contributed by atoms with E-state index >= 15 is 0 Å². The van der Waals surface area contributed by atoms with E-state index in [0.717, 1.165) is 26.1 Å². The van der Waals surface area contributed by atoms with Gasteiger partial charge in [-0.15, -0.1) is 0 Å². The van der Waals surface area contributed by atoms with Crippen molar-refractivity contribution in [2.24, 2.45) is 0 Å². The average Bonchev–Trinajstić information content (AvgIpc) is 3.37. The molecule has 2 N–H and O–H groups in total. The maximum atomic E-state index is 13.4. The second kappa shape index (κ2) is 12.2. The Kier molecular flexibility index (Phi) is 8.62. The molecule has 11 heteroatoms. The summed E-state index contributed by atoms with van der Waals surface area (Å²) in [7, 11) is -1.74. The van der Waals surface area contributed by atoms with Crippen molar-refractivity contribution in [2.75, 3.05) is 37.2 Å². The summed E-state index contributed by atoms with van der Waals surface area (Å²) in [6, 6.07) is 15.0. The molecule has 2 saturated heterocycles. The number of fused-ring (bicyclic) bond motifs is 2. The highest BCUT2D eigenvalue weighted by molar-refractivity contribution is 7.92. The van der Waals surface area contributed by atoms with Crippen LogP contribution in [0.3, 0.4) is 0 Å². The number of nitrogens with zero attached hydrogens (tertiary/aromatic N) is 2. The smallest absolute Gasteiger partial charge is 0.257 e. The summed E-state index contributed by atoms with van der Waals surface area (Å²) in [5.41, 5.74) is 1.89. The van der Waals surface area contributed by atoms with Gasteiger partial charge in [0.1, 0.15) is 18.5 Å². The summed E-state index contributed by atoms with van der Waals surface area (Å²) in [6.07, 6.45) is 1.91. The molecule has 3 aliphatic rings. The largest absolute Gasteiger partial charge is 0.490 e. The van der Waals surface area contributed by atoms with Gasteiger partial charge in [-0.1, -0.05) is 30.3 Å². The van der Waals surface area contributed by atoms with Gasteiger partial charge in [-0.3, -0.25) is 19.2 Å². The lowest BCUT2D eigenvalue weighted by molar-refractivity contribution is -0.134. The zero-order valence-corrected chi connectivity index (χ0v) is 23.9. The van der Waals surface area contributed by atoms with E-state index in [4.69, 9.17) is 9.47 Å². The minimum Gasteiger partial charge on any atom is -0.490 e. The quantitative estimate of drug-likeness (QED) is 0.501. The summed E-state index contributed by atoms with van der Waals surface area (Å²) in [4.78, 5) is 30.3. The predicted molar refractivity (Wildman–Crippen MR) is 152 cm³/mol. The van der Waals surface area contributed by atoms with Crippen molar-refractivity contribution in [1.82, 2.24) is 15.1 Å². The zero-order valence-electron chi connectivity index (χ0n) is 23.0. The molecular weight excluding hydrogens is 532 g/mol. The second-order valence-electron chi connectivity index (χ2n) is 10.9. The topological polar surface area (TPSA) is 117 Å². The standard InChI is InChI=1S/C29H38N4O6S/c1-3-40(36,37)31-21-9-12-26-24(15-21)29(35)32(2)25-11-10-23(39-27(25)19-38-26)16-28(34)30-22-13-14-33(18-22)17-20-7-5-4-6-8-20/h4-9,12,15,22-23,25,27,31H,3,10-11,13-14,16-19H2,1-2H3,(H,30,34)/t22-,23-,25-,27+/m0/s1. The molecule has 40 heavy (non-hydrogen) atoms. The van der Waals surface area contributed by atoms with Gasteiger partial charge >= 0.3 is 0 Å². The van der Waals surface area contributed by atoms with E-state index in [2.05, 4.69) is 27.1 Å². The number of sulfonamides is 1. The molecule has 4 atom stereocenters. The van der Waals surface area contributed by atoms with Gasteiger partial charge in [-0.2, -0.15) is 0 Å². The fraction of sp³-hybridized carbons (Fsp3) is 0.517. The number of ether oxygens (including phenoxy) is 2. The third-order valence-corrected chi connectivity index (χ3v) is 9.27. The van der Waals surface area contributed by atoms with Crippen LogP contribution in [0.1, 0.15) is 48.5 Å². The Bertz CT molecular complexity index is 1320. The molecule has 0 radical (unpaired) electrons. The van der Waals surface area contributed by atoms with Gasteiger partial charge in [0.15, 0.2) is 0 Å². The molecule has 3 heterocycles. The lowest BCUT2D eigenvalue weighted by Crippen LogP contribution is -2.54. The normalized spacial score (nSPS) is 25.2. The third kappa shape index (κ3) is 6.76. The minimum atomic E-state index is -3.48. The number of carbonyl (C=O) groups excluding carboxylic acids is 2. The molecule has 0 saturated carbocycles. The maximum Gasteiger partial charge on any atom is 0.257 e. The number of rotatable bonds is 8. The van der Waals surface area contributed by atoms with Gasteiger partial charge in [0, 0.05) is 38.4 Å². The van der Waals surface area contributed by atoms with Gasteiger partial charge < -0.3 is 19.7 Å². The Labute approximate surface area is 236 Å².